The van der Waals surface area contributed by atoms with Crippen LogP contribution >= 0.6 is 11.3 Å². The number of carbonyl (C=O) groups is 5. The normalized spacial score (nSPS) is 18.1. The highest BCUT2D eigenvalue weighted by Gasteiger charge is 2.51. The Morgan fingerprint density at radius 1 is 1.26 bits per heavy atom. The maximum Gasteiger partial charge on any atom is 0.404 e. The number of nitrogens with zero attached hydrogens (tertiary/aromatic N) is 3. The van der Waals surface area contributed by atoms with E-state index in [-0.39, 0.29) is 10.8 Å². The molecule has 0 aliphatic carbocycles. The average molecular weight is 460 g/mol. The summed E-state index contributed by atoms with van der Waals surface area (Å²) in [6.07, 6.45) is -1.18. The van der Waals surface area contributed by atoms with Gasteiger partial charge in [-0.2, -0.15) is 0 Å². The van der Waals surface area contributed by atoms with Gasteiger partial charge in [0.05, 0.1) is 0 Å². The Morgan fingerprint density at radius 3 is 2.48 bits per heavy atom. The van der Waals surface area contributed by atoms with E-state index in [0.29, 0.717) is 5.06 Å². The lowest BCUT2D eigenvalue weighted by atomic mass is 9.98. The molecule has 2 atom stereocenters. The highest BCUT2D eigenvalue weighted by atomic mass is 32.1. The van der Waals surface area contributed by atoms with Crippen molar-refractivity contribution in [1.29, 1.82) is 0 Å². The molecule has 3 amide bonds. The molecule has 7 N–H and O–H groups in total. The van der Waals surface area contributed by atoms with Gasteiger partial charge < -0.3 is 36.6 Å². The van der Waals surface area contributed by atoms with Gasteiger partial charge in [0.2, 0.25) is 6.61 Å². The lowest BCUT2D eigenvalue weighted by molar-refractivity contribution is -0.240. The fraction of sp³-hybridized carbons (Fsp3) is 0.357. The van der Waals surface area contributed by atoms with Gasteiger partial charge >= 0.3 is 18.0 Å². The van der Waals surface area contributed by atoms with Gasteiger partial charge in [-0.3, -0.25) is 14.4 Å². The number of carbonyl (C=O) groups excluding carboxylic acids is 3. The number of nitrogens with two attached hydrogens (primary N) is 2. The first-order valence-corrected chi connectivity index (χ1v) is 9.02. The van der Waals surface area contributed by atoms with Gasteiger partial charge in [-0.15, -0.1) is 11.3 Å². The van der Waals surface area contributed by atoms with Gasteiger partial charge in [-0.05, 0) is 0 Å². The molecule has 0 bridgehead atoms. The molecule has 1 aliphatic heterocycles. The second-order valence-corrected chi connectivity index (χ2v) is 6.55. The molecule has 31 heavy (non-hydrogen) atoms. The Morgan fingerprint density at radius 2 is 1.94 bits per heavy atom. The number of ether oxygens (including phenoxy) is 1. The molecular formula is C14H16N6O10S. The van der Waals surface area contributed by atoms with Crippen molar-refractivity contribution in [2.45, 2.75) is 12.1 Å². The number of nitrogen functional groups attached to an aromatic ring is 1. The number of primary amides is 1. The van der Waals surface area contributed by atoms with Crippen LogP contribution in [0.5, 0.6) is 0 Å². The smallest absolute Gasteiger partial charge is 0.404 e. The minimum absolute atomic E-state index is 0.0546. The van der Waals surface area contributed by atoms with Gasteiger partial charge in [0.15, 0.2) is 17.5 Å². The van der Waals surface area contributed by atoms with E-state index in [1.54, 1.807) is 0 Å². The number of anilines is 1. The van der Waals surface area contributed by atoms with E-state index in [9.17, 15) is 24.0 Å². The number of amides is 3. The number of thiazole rings is 1. The van der Waals surface area contributed by atoms with Crippen molar-refractivity contribution in [3.8, 4) is 0 Å². The third-order valence-corrected chi connectivity index (χ3v) is 4.18. The van der Waals surface area contributed by atoms with E-state index in [1.165, 1.54) is 5.38 Å². The molecule has 1 aromatic heterocycles. The number of aromatic nitrogens is 1. The van der Waals surface area contributed by atoms with Gasteiger partial charge in [0, 0.05) is 5.38 Å². The van der Waals surface area contributed by atoms with Gasteiger partial charge in [-0.25, -0.2) is 24.4 Å². The number of hydroxylamine groups is 2. The van der Waals surface area contributed by atoms with Crippen LogP contribution in [0.2, 0.25) is 0 Å². The topological polar surface area (TPSA) is 246 Å². The van der Waals surface area contributed by atoms with Crippen molar-refractivity contribution in [3.63, 3.8) is 0 Å². The number of nitrogens with one attached hydrogen (secondary N) is 1. The molecule has 1 fully saturated rings. The van der Waals surface area contributed by atoms with Crippen molar-refractivity contribution in [2.24, 2.45) is 10.9 Å². The highest BCUT2D eigenvalue weighted by Crippen LogP contribution is 2.22. The summed E-state index contributed by atoms with van der Waals surface area (Å²) in [6.45, 7) is -2.24. The highest BCUT2D eigenvalue weighted by molar-refractivity contribution is 7.13. The van der Waals surface area contributed by atoms with E-state index >= 15 is 0 Å². The Kier molecular flexibility index (Phi) is 7.64. The molecule has 0 radical (unpaired) electrons. The van der Waals surface area contributed by atoms with Crippen molar-refractivity contribution >= 4 is 52.0 Å². The summed E-state index contributed by atoms with van der Waals surface area (Å²) in [4.78, 5) is 70.3. The molecule has 1 aromatic rings. The predicted molar refractivity (Wildman–Crippen MR) is 98.3 cm³/mol. The van der Waals surface area contributed by atoms with Crippen LogP contribution in [-0.2, 0) is 33.6 Å². The van der Waals surface area contributed by atoms with Crippen molar-refractivity contribution in [2.75, 3.05) is 25.6 Å². The summed E-state index contributed by atoms with van der Waals surface area (Å²) in [5, 5.41) is 25.1. The van der Waals surface area contributed by atoms with E-state index in [2.05, 4.69) is 25.0 Å². The van der Waals surface area contributed by atoms with Crippen molar-refractivity contribution in [1.82, 2.24) is 15.4 Å². The van der Waals surface area contributed by atoms with E-state index in [4.69, 9.17) is 26.5 Å². The second kappa shape index (κ2) is 10.2. The summed E-state index contributed by atoms with van der Waals surface area (Å²) < 4.78 is 4.60. The third-order valence-electron chi connectivity index (χ3n) is 3.50. The second-order valence-electron chi connectivity index (χ2n) is 5.66. The zero-order valence-electron chi connectivity index (χ0n) is 15.4. The first-order valence-electron chi connectivity index (χ1n) is 8.14. The lowest BCUT2D eigenvalue weighted by Crippen LogP contribution is -2.72. The SMILES string of the molecule is NC(=O)OC[C@H]1[C@H](NC(=O)C(=NOCC(=O)O)c2csc(N)n2)C(=O)N1OCC(=O)O. The molecule has 1 aliphatic rings. The van der Waals surface area contributed by atoms with Gasteiger partial charge in [0.25, 0.3) is 11.8 Å². The molecule has 17 heteroatoms. The Labute approximate surface area is 176 Å². The van der Waals surface area contributed by atoms with E-state index in [1.807, 2.05) is 0 Å². The summed E-state index contributed by atoms with van der Waals surface area (Å²) in [6, 6.07) is -2.42. The van der Waals surface area contributed by atoms with E-state index in [0.717, 1.165) is 11.3 Å². The van der Waals surface area contributed by atoms with Gasteiger partial charge in [0.1, 0.15) is 24.4 Å². The Balaban J connectivity index is 2.17. The molecule has 1 saturated heterocycles. The van der Waals surface area contributed by atoms with Crippen LogP contribution in [-0.4, -0.2) is 87.7 Å². The summed E-state index contributed by atoms with van der Waals surface area (Å²) >= 11 is 0.962. The Hall–Kier alpha value is -3.99. The fourth-order valence-corrected chi connectivity index (χ4v) is 2.80. The van der Waals surface area contributed by atoms with Crippen LogP contribution in [0.25, 0.3) is 0 Å². The Bertz CT molecular complexity index is 917. The minimum Gasteiger partial charge on any atom is -0.479 e. The molecule has 168 valence electrons. The molecule has 2 rings (SSSR count). The monoisotopic (exact) mass is 460 g/mol. The van der Waals surface area contributed by atoms with Gasteiger partial charge in [-0.1, -0.05) is 5.16 Å². The molecule has 0 saturated carbocycles. The number of oxime groups is 1. The molecule has 0 aromatic carbocycles. The minimum atomic E-state index is -1.37. The van der Waals surface area contributed by atoms with Crippen LogP contribution in [0.1, 0.15) is 5.69 Å². The number of hydrogen-bond donors (Lipinski definition) is 5. The molecule has 16 nitrogen and oxygen atoms in total. The lowest BCUT2D eigenvalue weighted by Gasteiger charge is -2.44. The van der Waals surface area contributed by atoms with Crippen LogP contribution < -0.4 is 16.8 Å². The number of aliphatic carboxylic acids is 2. The first-order chi connectivity index (χ1) is 14.6. The summed E-state index contributed by atoms with van der Waals surface area (Å²) in [5.74, 6) is -4.58. The molecule has 0 spiro atoms. The quantitative estimate of drug-likeness (QED) is 0.129. The predicted octanol–water partition coefficient (Wildman–Crippen LogP) is -2.66. The molecule has 0 unspecified atom stereocenters. The zero-order valence-corrected chi connectivity index (χ0v) is 16.2. The standard InChI is InChI=1S/C14H16N6O10S/c15-13-17-5(4-31-13)9(19-29-2-7(21)22)11(25)18-10-6(1-28-14(16)27)20(12(10)26)30-3-8(23)24/h4,6,10H,1-3H2,(H2,15,17)(H2,16,27)(H,18,25)(H,21,22)(H,23,24)/t6-,10-/m0/s1. The van der Waals surface area contributed by atoms with Crippen molar-refractivity contribution in [3.05, 3.63) is 11.1 Å². The van der Waals surface area contributed by atoms with Crippen LogP contribution in [0.15, 0.2) is 10.5 Å². The maximum absolute atomic E-state index is 12.7. The molecule has 2 heterocycles. The maximum atomic E-state index is 12.7. The first kappa shape index (κ1) is 23.3. The van der Waals surface area contributed by atoms with Crippen LogP contribution in [0.4, 0.5) is 9.93 Å². The zero-order chi connectivity index (χ0) is 23.1. The summed E-state index contributed by atoms with van der Waals surface area (Å²) in [7, 11) is 0. The van der Waals surface area contributed by atoms with Crippen LogP contribution in [0, 0.1) is 0 Å². The number of carboxylic acid groups (broad SMARTS) is 2. The fourth-order valence-electron chi connectivity index (χ4n) is 2.25. The number of rotatable bonds is 11. The van der Waals surface area contributed by atoms with Crippen LogP contribution in [0.3, 0.4) is 0 Å². The average Bonchev–Trinajstić information content (AvgIpc) is 3.10. The van der Waals surface area contributed by atoms with Crippen molar-refractivity contribution < 1.29 is 48.6 Å². The molecular weight excluding hydrogens is 444 g/mol. The summed E-state index contributed by atoms with van der Waals surface area (Å²) in [5.41, 5.74) is 9.87. The number of hydrogen-bond acceptors (Lipinski definition) is 12. The largest absolute Gasteiger partial charge is 0.479 e. The third kappa shape index (κ3) is 6.24. The number of β-lactam (4-membered cyclic amide) rings is 1. The number of carboxylic acids is 2. The van der Waals surface area contributed by atoms with E-state index < -0.39 is 67.5 Å².